The fraction of sp³-hybridized carbons (Fsp3) is 0.714. The minimum Gasteiger partial charge on any atom is -0.508 e. The highest BCUT2D eigenvalue weighted by Crippen LogP contribution is 2.22. The van der Waals surface area contributed by atoms with Gasteiger partial charge < -0.3 is 25.2 Å². The molecule has 2 aliphatic heterocycles. The smallest absolute Gasteiger partial charge is 0.328 e. The average Bonchev–Trinajstić information content (AvgIpc) is 3.65. The first-order valence-electron chi connectivity index (χ1n) is 21.3. The minimum absolute atomic E-state index is 0.0278. The number of amides is 4. The van der Waals surface area contributed by atoms with Gasteiger partial charge in [0.2, 0.25) is 24.1 Å². The Morgan fingerprint density at radius 2 is 1.56 bits per heavy atom. The number of aliphatic imine (C=N–C) groups is 1. The first-order valence-corrected chi connectivity index (χ1v) is 21.3. The highest BCUT2D eigenvalue weighted by atomic mass is 16.5. The summed E-state index contributed by atoms with van der Waals surface area (Å²) in [7, 11) is 0. The number of benzene rings is 1. The van der Waals surface area contributed by atoms with Crippen molar-refractivity contribution in [2.45, 2.75) is 166 Å². The number of phenolic OH excluding ortho intramolecular Hbond substituents is 1. The Morgan fingerprint density at radius 3 is 2.19 bits per heavy atom. The van der Waals surface area contributed by atoms with Gasteiger partial charge in [0.25, 0.3) is 5.91 Å². The number of hydrogen-bond acceptors (Lipinski definition) is 11. The van der Waals surface area contributed by atoms with Gasteiger partial charge in [-0.15, -0.1) is 0 Å². The number of rotatable bonds is 28. The molecule has 0 aliphatic carbocycles. The first kappa shape index (κ1) is 47.1. The van der Waals surface area contributed by atoms with Gasteiger partial charge in [0, 0.05) is 18.7 Å². The molecule has 1 saturated heterocycles. The second kappa shape index (κ2) is 26.6. The van der Waals surface area contributed by atoms with Gasteiger partial charge in [-0.25, -0.2) is 19.9 Å². The number of hydroxylamine groups is 4. The number of phenols is 1. The van der Waals surface area contributed by atoms with Crippen molar-refractivity contribution >= 4 is 36.0 Å². The van der Waals surface area contributed by atoms with Gasteiger partial charge in [-0.1, -0.05) is 90.9 Å². The fourth-order valence-corrected chi connectivity index (χ4v) is 7.10. The Bertz CT molecular complexity index is 1410. The van der Waals surface area contributed by atoms with Crippen molar-refractivity contribution in [3.05, 3.63) is 29.8 Å². The molecule has 2 aliphatic rings. The summed E-state index contributed by atoms with van der Waals surface area (Å²) in [5.74, 6) is -2.92. The van der Waals surface area contributed by atoms with Crippen LogP contribution >= 0.6 is 0 Å². The standard InChI is InChI=1S/C42H67N5O10/c1-3-4-5-6-7-8-9-10-11-12-13-14-15-22-37(31(2)38(50)43-34-20-17-19-28-47(55)41(34)52)57-42(53)35(21-16-18-27-46(54)30-48)44-39(51)36-29-56-40(45-36)32-23-25-33(49)26-24-32/h23-26,30-31,34-37,49,54-55H,3-22,27-29H2,1-2H3,(H,43,50)(H,44,51)/t31-,34-,35-,36-,37+/m1/s1. The molecule has 0 radical (unpaired) electrons. The summed E-state index contributed by atoms with van der Waals surface area (Å²) < 4.78 is 11.7. The van der Waals surface area contributed by atoms with Crippen molar-refractivity contribution in [2.24, 2.45) is 10.9 Å². The highest BCUT2D eigenvalue weighted by molar-refractivity contribution is 5.99. The predicted octanol–water partition coefficient (Wildman–Crippen LogP) is 5.96. The number of hydrogen-bond donors (Lipinski definition) is 5. The molecule has 1 fully saturated rings. The molecule has 1 aromatic carbocycles. The summed E-state index contributed by atoms with van der Waals surface area (Å²) in [4.78, 5) is 69.0. The van der Waals surface area contributed by atoms with Crippen LogP contribution in [0.1, 0.15) is 148 Å². The van der Waals surface area contributed by atoms with Crippen LogP contribution in [0.5, 0.6) is 5.75 Å². The Hall–Kier alpha value is -4.24. The molecule has 4 amide bonds. The van der Waals surface area contributed by atoms with Gasteiger partial charge >= 0.3 is 5.97 Å². The molecule has 2 heterocycles. The maximum absolute atomic E-state index is 13.9. The van der Waals surface area contributed by atoms with Crippen LogP contribution in [-0.2, 0) is 33.4 Å². The van der Waals surface area contributed by atoms with E-state index in [9.17, 15) is 39.5 Å². The molecule has 0 unspecified atom stereocenters. The quantitative estimate of drug-likeness (QED) is 0.0221. The second-order valence-electron chi connectivity index (χ2n) is 15.4. The van der Waals surface area contributed by atoms with Crippen LogP contribution < -0.4 is 10.6 Å². The van der Waals surface area contributed by atoms with Crippen molar-refractivity contribution in [3.63, 3.8) is 0 Å². The molecule has 1 aromatic rings. The lowest BCUT2D eigenvalue weighted by molar-refractivity contribution is -0.167. The lowest BCUT2D eigenvalue weighted by Crippen LogP contribution is -2.51. The normalized spacial score (nSPS) is 18.4. The van der Waals surface area contributed by atoms with Crippen LogP contribution in [0.2, 0.25) is 0 Å². The third-order valence-electron chi connectivity index (χ3n) is 10.7. The number of ether oxygens (including phenoxy) is 2. The van der Waals surface area contributed by atoms with Crippen molar-refractivity contribution in [1.82, 2.24) is 20.8 Å². The Labute approximate surface area is 337 Å². The number of esters is 1. The van der Waals surface area contributed by atoms with Crippen LogP contribution in [0.3, 0.4) is 0 Å². The zero-order valence-electron chi connectivity index (χ0n) is 34.1. The van der Waals surface area contributed by atoms with E-state index in [-0.39, 0.29) is 44.2 Å². The minimum atomic E-state index is -1.13. The molecule has 15 nitrogen and oxygen atoms in total. The van der Waals surface area contributed by atoms with Crippen LogP contribution in [0.4, 0.5) is 0 Å². The van der Waals surface area contributed by atoms with E-state index < -0.39 is 53.8 Å². The van der Waals surface area contributed by atoms with Crippen LogP contribution in [0.15, 0.2) is 29.3 Å². The van der Waals surface area contributed by atoms with E-state index in [2.05, 4.69) is 22.5 Å². The van der Waals surface area contributed by atoms with Gasteiger partial charge in [-0.3, -0.25) is 29.6 Å². The summed E-state index contributed by atoms with van der Waals surface area (Å²) >= 11 is 0. The molecule has 5 N–H and O–H groups in total. The van der Waals surface area contributed by atoms with E-state index in [0.29, 0.717) is 60.6 Å². The number of aromatic hydroxyl groups is 1. The third kappa shape index (κ3) is 17.4. The third-order valence-corrected chi connectivity index (χ3v) is 10.7. The fourth-order valence-electron chi connectivity index (χ4n) is 7.10. The van der Waals surface area contributed by atoms with E-state index in [1.165, 1.54) is 63.5 Å². The number of carbonyl (C=O) groups excluding carboxylic acids is 5. The molecule has 0 saturated carbocycles. The van der Waals surface area contributed by atoms with Crippen molar-refractivity contribution < 1.29 is 49.0 Å². The predicted molar refractivity (Wildman–Crippen MR) is 213 cm³/mol. The Balaban J connectivity index is 1.65. The van der Waals surface area contributed by atoms with Crippen molar-refractivity contribution in [2.75, 3.05) is 19.7 Å². The molecule has 5 atom stereocenters. The SMILES string of the molecule is CCCCCCCCCCCCCCC[C@H](OC(=O)[C@@H](CCCCN(O)C=O)NC(=O)[C@H]1COC(c2ccc(O)cc2)=N1)[C@@H](C)C(=O)N[C@@H]1CCCCN(O)C1=O. The maximum Gasteiger partial charge on any atom is 0.328 e. The molecule has 0 aromatic heterocycles. The van der Waals surface area contributed by atoms with E-state index in [1.54, 1.807) is 19.1 Å². The van der Waals surface area contributed by atoms with Gasteiger partial charge in [0.15, 0.2) is 6.04 Å². The van der Waals surface area contributed by atoms with Gasteiger partial charge in [0.1, 0.15) is 30.5 Å². The Morgan fingerprint density at radius 1 is 0.947 bits per heavy atom. The van der Waals surface area contributed by atoms with Gasteiger partial charge in [-0.2, -0.15) is 0 Å². The number of carbonyl (C=O) groups is 5. The Kier molecular flexibility index (Phi) is 22.0. The van der Waals surface area contributed by atoms with E-state index in [4.69, 9.17) is 9.47 Å². The van der Waals surface area contributed by atoms with Gasteiger partial charge in [0.05, 0.1) is 5.92 Å². The van der Waals surface area contributed by atoms with Crippen LogP contribution in [-0.4, -0.2) is 106 Å². The largest absolute Gasteiger partial charge is 0.508 e. The van der Waals surface area contributed by atoms with Crippen molar-refractivity contribution in [1.29, 1.82) is 0 Å². The molecule has 320 valence electrons. The lowest BCUT2D eigenvalue weighted by Gasteiger charge is -2.28. The number of nitrogens with zero attached hydrogens (tertiary/aromatic N) is 3. The molecule has 0 bridgehead atoms. The molecule has 57 heavy (non-hydrogen) atoms. The molecule has 3 rings (SSSR count). The van der Waals surface area contributed by atoms with Crippen LogP contribution in [0.25, 0.3) is 0 Å². The second-order valence-corrected chi connectivity index (χ2v) is 15.4. The zero-order valence-corrected chi connectivity index (χ0v) is 34.1. The first-order chi connectivity index (χ1) is 27.5. The number of nitrogens with one attached hydrogen (secondary N) is 2. The van der Waals surface area contributed by atoms with Crippen LogP contribution in [0, 0.1) is 5.92 Å². The summed E-state index contributed by atoms with van der Waals surface area (Å²) in [6.07, 6.45) is 17.4. The van der Waals surface area contributed by atoms with E-state index in [0.717, 1.165) is 25.7 Å². The average molecular weight is 802 g/mol. The molecular formula is C42H67N5O10. The van der Waals surface area contributed by atoms with Gasteiger partial charge in [-0.05, 0) is 75.6 Å². The highest BCUT2D eigenvalue weighted by Gasteiger charge is 2.36. The maximum atomic E-state index is 13.9. The summed E-state index contributed by atoms with van der Waals surface area (Å²) in [5, 5.41) is 35.9. The summed E-state index contributed by atoms with van der Waals surface area (Å²) in [6.45, 7) is 4.03. The summed E-state index contributed by atoms with van der Waals surface area (Å²) in [5.41, 5.74) is 0.573. The topological polar surface area (TPSA) is 207 Å². The summed E-state index contributed by atoms with van der Waals surface area (Å²) in [6, 6.07) is 3.18. The lowest BCUT2D eigenvalue weighted by atomic mass is 9.96. The molecule has 0 spiro atoms. The van der Waals surface area contributed by atoms with E-state index >= 15 is 0 Å². The molecular weight excluding hydrogens is 734 g/mol. The molecule has 15 heteroatoms. The zero-order chi connectivity index (χ0) is 41.4. The van der Waals surface area contributed by atoms with Crippen molar-refractivity contribution in [3.8, 4) is 5.75 Å². The van der Waals surface area contributed by atoms with E-state index in [1.807, 2.05) is 0 Å². The number of unbranched alkanes of at least 4 members (excludes halogenated alkanes) is 13. The monoisotopic (exact) mass is 801 g/mol.